The van der Waals surface area contributed by atoms with Gasteiger partial charge in [0.15, 0.2) is 5.11 Å². The van der Waals surface area contributed by atoms with Gasteiger partial charge in [-0.3, -0.25) is 14.4 Å². The zero-order valence-corrected chi connectivity index (χ0v) is 50.9. The third-order valence-corrected chi connectivity index (χ3v) is 14.3. The monoisotopic (exact) mass is 1170 g/mol. The maximum Gasteiger partial charge on any atom is 0.416 e. The summed E-state index contributed by atoms with van der Waals surface area (Å²) in [7, 11) is 0. The van der Waals surface area contributed by atoms with Gasteiger partial charge in [0.05, 0.1) is 17.7 Å². The quantitative estimate of drug-likeness (QED) is 0.0165. The molecule has 1 aromatic carbocycles. The van der Waals surface area contributed by atoms with Gasteiger partial charge in [0.2, 0.25) is 0 Å². The number of rotatable bonds is 51. The number of esters is 3. The lowest BCUT2D eigenvalue weighted by atomic mass is 9.99. The van der Waals surface area contributed by atoms with Crippen LogP contribution >= 0.6 is 12.2 Å². The van der Waals surface area contributed by atoms with Crippen LogP contribution in [0.25, 0.3) is 0 Å². The van der Waals surface area contributed by atoms with E-state index in [1.165, 1.54) is 51.4 Å². The summed E-state index contributed by atoms with van der Waals surface area (Å²) in [6, 6.07) is 1.14. The minimum absolute atomic E-state index is 0.0425. The molecule has 0 radical (unpaired) electrons. The molecule has 0 amide bonds. The maximum atomic E-state index is 13.5. The van der Waals surface area contributed by atoms with Crippen molar-refractivity contribution in [1.29, 1.82) is 0 Å². The first-order valence-corrected chi connectivity index (χ1v) is 32.0. The number of thiocarbonyl (C=S) groups is 1. The summed E-state index contributed by atoms with van der Waals surface area (Å²) in [6.45, 7) is 6.85. The summed E-state index contributed by atoms with van der Waals surface area (Å²) < 4.78 is 97.3. The van der Waals surface area contributed by atoms with Gasteiger partial charge in [0, 0.05) is 31.5 Å². The Morgan fingerprint density at radius 2 is 0.802 bits per heavy atom. The van der Waals surface area contributed by atoms with E-state index >= 15 is 0 Å². The number of alkyl halides is 6. The average molecular weight is 1170 g/mol. The number of carbonyl (C=O) groups excluding carboxylic acids is 3. The van der Waals surface area contributed by atoms with Crippen LogP contribution < -0.4 is 10.6 Å². The second-order valence-corrected chi connectivity index (χ2v) is 22.0. The molecule has 0 aromatic heterocycles. The Hall–Kier alpha value is -4.14. The van der Waals surface area contributed by atoms with Crippen LogP contribution in [0.4, 0.5) is 32.0 Å². The summed E-state index contributed by atoms with van der Waals surface area (Å²) in [4.78, 5) is 39.4. The van der Waals surface area contributed by atoms with Gasteiger partial charge in [-0.25, -0.2) is 0 Å². The van der Waals surface area contributed by atoms with Crippen LogP contribution in [0.3, 0.4) is 0 Å². The first kappa shape index (κ1) is 74.9. The first-order chi connectivity index (χ1) is 39.1. The van der Waals surface area contributed by atoms with E-state index in [1.54, 1.807) is 0 Å². The largest absolute Gasteiger partial charge is 0.466 e. The van der Waals surface area contributed by atoms with Crippen LogP contribution in [0.5, 0.6) is 0 Å². The average Bonchev–Trinajstić information content (AvgIpc) is 3.45. The lowest BCUT2D eigenvalue weighted by Crippen LogP contribution is -2.35. The van der Waals surface area contributed by atoms with Crippen molar-refractivity contribution in [3.8, 4) is 0 Å². The number of anilines is 1. The molecular formula is C66H106F6N2O6S. The van der Waals surface area contributed by atoms with Crippen LogP contribution in [0.15, 0.2) is 66.8 Å². The number of nitrogens with one attached hydrogen (secondary N) is 2. The highest BCUT2D eigenvalue weighted by Gasteiger charge is 2.37. The van der Waals surface area contributed by atoms with Crippen molar-refractivity contribution in [3.63, 3.8) is 0 Å². The molecule has 2 N–H and O–H groups in total. The van der Waals surface area contributed by atoms with E-state index in [2.05, 4.69) is 80.0 Å². The van der Waals surface area contributed by atoms with Gasteiger partial charge in [0.25, 0.3) is 0 Å². The first-order valence-electron chi connectivity index (χ1n) is 31.6. The van der Waals surface area contributed by atoms with E-state index < -0.39 is 41.4 Å². The van der Waals surface area contributed by atoms with E-state index in [0.717, 1.165) is 154 Å². The molecule has 0 aliphatic heterocycles. The highest BCUT2D eigenvalue weighted by atomic mass is 32.1. The summed E-state index contributed by atoms with van der Waals surface area (Å²) in [5.74, 6) is -0.847. The van der Waals surface area contributed by atoms with Crippen LogP contribution in [-0.2, 0) is 40.9 Å². The standard InChI is InChI=1S/C66H106F6N2O6S/c1-4-7-10-13-16-18-20-22-24-26-28-30-32-37-43-49-62(76)79-59(46-40-35-15-12-9-6-3)60(80-63(77)50-44-38-33-31-29-27-25-23-21-19-17-14-11-8-5-2)47-41-36-34-39-42-48-61(75)78-52-45-51-73-64(81)74-58-54-56(65(67,68)69)53-57(55-58)66(70,71)72/h16-19,22-25,53-55,59-60H,4-15,20-21,26-52H2,1-3H3,(H2,73,74,81)/b18-16-,19-17-,24-22-,25-23-. The number of carbonyl (C=O) groups is 3. The van der Waals surface area contributed by atoms with Gasteiger partial charge in [-0.15, -0.1) is 0 Å². The third-order valence-electron chi connectivity index (χ3n) is 14.1. The molecule has 0 fully saturated rings. The zero-order chi connectivity index (χ0) is 59.5. The van der Waals surface area contributed by atoms with Crippen molar-refractivity contribution in [2.45, 2.75) is 296 Å². The third kappa shape index (κ3) is 45.0. The molecule has 2 unspecified atom stereocenters. The van der Waals surface area contributed by atoms with Crippen LogP contribution in [0.2, 0.25) is 0 Å². The molecule has 8 nitrogen and oxygen atoms in total. The molecule has 0 bridgehead atoms. The summed E-state index contributed by atoms with van der Waals surface area (Å²) in [6.07, 6.45) is 44.1. The number of halogens is 6. The molecule has 0 aliphatic rings. The molecule has 81 heavy (non-hydrogen) atoms. The normalized spacial score (nSPS) is 13.0. The van der Waals surface area contributed by atoms with Gasteiger partial charge >= 0.3 is 30.3 Å². The molecule has 1 rings (SSSR count). The van der Waals surface area contributed by atoms with Crippen molar-refractivity contribution in [3.05, 3.63) is 77.9 Å². The molecule has 1 aromatic rings. The number of ether oxygens (including phenoxy) is 3. The maximum absolute atomic E-state index is 13.5. The van der Waals surface area contributed by atoms with Crippen LogP contribution in [-0.4, -0.2) is 48.4 Å². The number of benzene rings is 1. The Kier molecular flexibility index (Phi) is 46.6. The Labute approximate surface area is 491 Å². The van der Waals surface area contributed by atoms with E-state index in [1.807, 2.05) is 0 Å². The topological polar surface area (TPSA) is 103 Å². The van der Waals surface area contributed by atoms with Gasteiger partial charge in [-0.05, 0) is 146 Å². The molecular weight excluding hydrogens is 1060 g/mol. The van der Waals surface area contributed by atoms with Crippen molar-refractivity contribution >= 4 is 40.9 Å². The molecule has 2 atom stereocenters. The fourth-order valence-electron chi connectivity index (χ4n) is 9.26. The second kappa shape index (κ2) is 50.4. The van der Waals surface area contributed by atoms with Gasteiger partial charge < -0.3 is 24.8 Å². The summed E-state index contributed by atoms with van der Waals surface area (Å²) >= 11 is 5.06. The molecule has 0 saturated carbocycles. The predicted molar refractivity (Wildman–Crippen MR) is 325 cm³/mol. The summed E-state index contributed by atoms with van der Waals surface area (Å²) in [5, 5.41) is 4.90. The summed E-state index contributed by atoms with van der Waals surface area (Å²) in [5.41, 5.74) is -3.38. The molecule has 0 heterocycles. The SMILES string of the molecule is CCCCC/C=C\C/C=C\CCCCCCCC(=O)OC(CCCCCCCC)C(CCCCCCCC(=O)OCCCNC(=S)Nc1cc(C(F)(F)F)cc(C(F)(F)F)c1)OC(=O)CCCCCCC/C=C\C/C=C\CCCCC. The van der Waals surface area contributed by atoms with Gasteiger partial charge in [-0.1, -0.05) is 185 Å². The highest BCUT2D eigenvalue weighted by Crippen LogP contribution is 2.37. The minimum Gasteiger partial charge on any atom is -0.466 e. The molecule has 0 aliphatic carbocycles. The fourth-order valence-corrected chi connectivity index (χ4v) is 9.48. The number of hydrogen-bond donors (Lipinski definition) is 2. The molecule has 15 heteroatoms. The lowest BCUT2D eigenvalue weighted by molar-refractivity contribution is -0.169. The Morgan fingerprint density at radius 1 is 0.457 bits per heavy atom. The van der Waals surface area contributed by atoms with E-state index in [-0.39, 0.29) is 48.7 Å². The van der Waals surface area contributed by atoms with E-state index in [0.29, 0.717) is 50.7 Å². The number of hydrogen-bond acceptors (Lipinski definition) is 7. The van der Waals surface area contributed by atoms with Crippen molar-refractivity contribution in [2.75, 3.05) is 18.5 Å². The highest BCUT2D eigenvalue weighted by molar-refractivity contribution is 7.80. The van der Waals surface area contributed by atoms with Crippen LogP contribution in [0, 0.1) is 0 Å². The Balaban J connectivity index is 2.71. The van der Waals surface area contributed by atoms with Gasteiger partial charge in [0.1, 0.15) is 12.2 Å². The Morgan fingerprint density at radius 3 is 1.21 bits per heavy atom. The van der Waals surface area contributed by atoms with Gasteiger partial charge in [-0.2, -0.15) is 26.3 Å². The predicted octanol–water partition coefficient (Wildman–Crippen LogP) is 20.9. The number of allylic oxidation sites excluding steroid dienone is 8. The molecule has 0 saturated heterocycles. The fraction of sp³-hybridized carbons (Fsp3) is 0.727. The van der Waals surface area contributed by atoms with Crippen molar-refractivity contribution in [1.82, 2.24) is 5.32 Å². The number of unbranched alkanes of at least 4 members (excludes halogenated alkanes) is 25. The smallest absolute Gasteiger partial charge is 0.416 e. The minimum atomic E-state index is -4.99. The second-order valence-electron chi connectivity index (χ2n) is 21.6. The van der Waals surface area contributed by atoms with Crippen molar-refractivity contribution < 1.29 is 54.9 Å². The Bertz CT molecular complexity index is 1850. The van der Waals surface area contributed by atoms with Crippen molar-refractivity contribution in [2.24, 2.45) is 0 Å². The van der Waals surface area contributed by atoms with E-state index in [4.69, 9.17) is 26.4 Å². The lowest BCUT2D eigenvalue weighted by Gasteiger charge is -2.27. The molecule has 464 valence electrons. The zero-order valence-electron chi connectivity index (χ0n) is 50.1. The van der Waals surface area contributed by atoms with E-state index in [9.17, 15) is 40.7 Å². The molecule has 0 spiro atoms. The van der Waals surface area contributed by atoms with Crippen LogP contribution in [0.1, 0.15) is 282 Å².